The van der Waals surface area contributed by atoms with Crippen LogP contribution in [0, 0.1) is 17.8 Å². The van der Waals surface area contributed by atoms with Crippen molar-refractivity contribution >= 4 is 43.0 Å². The third-order valence-corrected chi connectivity index (χ3v) is 33.9. The van der Waals surface area contributed by atoms with Crippen LogP contribution in [0.25, 0.3) is 0 Å². The number of rotatable bonds is 14. The van der Waals surface area contributed by atoms with Crippen LogP contribution in [-0.4, -0.2) is 64.4 Å². The van der Waals surface area contributed by atoms with Crippen LogP contribution in [0.3, 0.4) is 0 Å². The lowest BCUT2D eigenvalue weighted by atomic mass is 9.92. The summed E-state index contributed by atoms with van der Waals surface area (Å²) in [5, 5.41) is 0. The molecule has 1 saturated heterocycles. The first-order chi connectivity index (χ1) is 21.0. The van der Waals surface area contributed by atoms with E-state index in [4.69, 9.17) is 29.7 Å². The highest BCUT2D eigenvalue weighted by molar-refractivity contribution is 6.96. The summed E-state index contributed by atoms with van der Waals surface area (Å²) < 4.78 is 47.9. The molecule has 1 heterocycles. The average Bonchev–Trinajstić information content (AvgIpc) is 3.02. The monoisotopic (exact) mass is 698 g/mol. The molecule has 1 aliphatic heterocycles. The number of hydrogen-bond acceptors (Lipinski definition) is 7. The van der Waals surface area contributed by atoms with Gasteiger partial charge < -0.3 is 29.7 Å². The van der Waals surface area contributed by atoms with E-state index >= 15 is 0 Å². The molecule has 44 heavy (non-hydrogen) atoms. The first kappa shape index (κ1) is 36.9. The molecule has 0 aromatic rings. The molecule has 5 unspecified atom stereocenters. The molecule has 4 rings (SSSR count). The van der Waals surface area contributed by atoms with Gasteiger partial charge in [-0.1, -0.05) is 36.5 Å². The molecular formula is C32H62O7Si5. The van der Waals surface area contributed by atoms with Crippen molar-refractivity contribution in [2.45, 2.75) is 127 Å². The van der Waals surface area contributed by atoms with E-state index < -0.39 is 43.0 Å². The molecule has 0 N–H and O–H groups in total. The van der Waals surface area contributed by atoms with Crippen molar-refractivity contribution in [1.29, 1.82) is 0 Å². The second-order valence-electron chi connectivity index (χ2n) is 14.5. The van der Waals surface area contributed by atoms with E-state index in [1.165, 1.54) is 44.9 Å². The van der Waals surface area contributed by atoms with Gasteiger partial charge >= 0.3 is 43.0 Å². The Morgan fingerprint density at radius 1 is 0.523 bits per heavy atom. The van der Waals surface area contributed by atoms with Gasteiger partial charge in [0.2, 0.25) is 0 Å². The van der Waals surface area contributed by atoms with Crippen LogP contribution in [-0.2, 0) is 29.7 Å². The van der Waals surface area contributed by atoms with Gasteiger partial charge in [-0.3, -0.25) is 0 Å². The first-order valence-corrected chi connectivity index (χ1v) is 29.4. The Morgan fingerprint density at radius 2 is 0.841 bits per heavy atom. The summed E-state index contributed by atoms with van der Waals surface area (Å²) in [7, 11) is -8.91. The maximum Gasteiger partial charge on any atom is 0.502 e. The molecule has 0 saturated carbocycles. The highest BCUT2D eigenvalue weighted by atomic mass is 28.5. The molecule has 0 spiro atoms. The third kappa shape index (κ3) is 10.8. The Morgan fingerprint density at radius 3 is 1.11 bits per heavy atom. The van der Waals surface area contributed by atoms with Crippen molar-refractivity contribution < 1.29 is 29.7 Å². The highest BCUT2D eigenvalue weighted by Crippen LogP contribution is 2.42. The maximum absolute atomic E-state index is 7.52. The Hall–Kier alpha value is 0.0244. The van der Waals surface area contributed by atoms with Crippen LogP contribution < -0.4 is 0 Å². The topological polar surface area (TPSA) is 64.6 Å². The molecule has 0 aromatic carbocycles. The summed E-state index contributed by atoms with van der Waals surface area (Å²) in [6, 6.07) is 2.93. The molecule has 0 bridgehead atoms. The predicted octanol–water partition coefficient (Wildman–Crippen LogP) is 9.01. The van der Waals surface area contributed by atoms with Crippen molar-refractivity contribution in [3.63, 3.8) is 0 Å². The molecule has 5 atom stereocenters. The molecular weight excluding hydrogens is 637 g/mol. The van der Waals surface area contributed by atoms with E-state index in [2.05, 4.69) is 62.6 Å². The lowest BCUT2D eigenvalue weighted by molar-refractivity contribution is 0.124. The minimum atomic E-state index is -2.99. The second-order valence-corrected chi connectivity index (χ2v) is 32.3. The quantitative estimate of drug-likeness (QED) is 0.133. The van der Waals surface area contributed by atoms with Crippen LogP contribution in [0.1, 0.15) is 77.0 Å². The first-order valence-electron chi connectivity index (χ1n) is 17.4. The van der Waals surface area contributed by atoms with Crippen molar-refractivity contribution in [3.8, 4) is 0 Å². The zero-order valence-corrected chi connectivity index (χ0v) is 33.9. The normalized spacial score (nSPS) is 38.4. The second kappa shape index (κ2) is 16.4. The van der Waals surface area contributed by atoms with E-state index in [1.807, 2.05) is 0 Å². The fraction of sp³-hybridized carbons (Fsp3) is 0.812. The Balaban J connectivity index is 1.64. The molecule has 3 aliphatic carbocycles. The van der Waals surface area contributed by atoms with Gasteiger partial charge in [0.1, 0.15) is 0 Å². The Kier molecular flexibility index (Phi) is 13.8. The summed E-state index contributed by atoms with van der Waals surface area (Å²) in [5.74, 6) is 2.09. The summed E-state index contributed by atoms with van der Waals surface area (Å²) in [6.45, 7) is 9.14. The molecule has 0 aromatic heterocycles. The van der Waals surface area contributed by atoms with Gasteiger partial charge in [0, 0.05) is 21.3 Å². The van der Waals surface area contributed by atoms with Gasteiger partial charge in [0.25, 0.3) is 0 Å². The largest absolute Gasteiger partial charge is 0.502 e. The maximum atomic E-state index is 7.52. The van der Waals surface area contributed by atoms with Crippen LogP contribution in [0.15, 0.2) is 36.5 Å². The lowest BCUT2D eigenvalue weighted by Crippen LogP contribution is -2.69. The van der Waals surface area contributed by atoms with E-state index in [0.29, 0.717) is 23.4 Å². The number of hydrogen-bond donors (Lipinski definition) is 0. The van der Waals surface area contributed by atoms with Gasteiger partial charge in [0.15, 0.2) is 0 Å². The molecule has 0 radical (unpaired) electrons. The molecule has 0 amide bonds. The average molecular weight is 699 g/mol. The van der Waals surface area contributed by atoms with Crippen molar-refractivity contribution in [1.82, 2.24) is 0 Å². The van der Waals surface area contributed by atoms with Crippen LogP contribution in [0.5, 0.6) is 0 Å². The highest BCUT2D eigenvalue weighted by Gasteiger charge is 2.60. The van der Waals surface area contributed by atoms with Crippen LogP contribution in [0.2, 0.25) is 50.0 Å². The molecule has 12 heteroatoms. The Bertz CT molecular complexity index is 938. The molecule has 7 nitrogen and oxygen atoms in total. The molecule has 252 valence electrons. The summed E-state index contributed by atoms with van der Waals surface area (Å²) in [6.07, 6.45) is 28.3. The zero-order chi connectivity index (χ0) is 31.7. The fourth-order valence-corrected chi connectivity index (χ4v) is 37.2. The van der Waals surface area contributed by atoms with Gasteiger partial charge in [-0.25, -0.2) is 0 Å². The van der Waals surface area contributed by atoms with Crippen molar-refractivity contribution in [2.75, 3.05) is 21.3 Å². The fourth-order valence-electron chi connectivity index (χ4n) is 7.90. The predicted molar refractivity (Wildman–Crippen MR) is 190 cm³/mol. The minimum Gasteiger partial charge on any atom is -0.416 e. The van der Waals surface area contributed by atoms with Crippen molar-refractivity contribution in [3.05, 3.63) is 36.5 Å². The van der Waals surface area contributed by atoms with Gasteiger partial charge in [-0.15, -0.1) is 0 Å². The molecule has 1 fully saturated rings. The third-order valence-electron chi connectivity index (χ3n) is 10.4. The van der Waals surface area contributed by atoms with E-state index in [9.17, 15) is 0 Å². The van der Waals surface area contributed by atoms with E-state index in [-0.39, 0.29) is 0 Å². The summed E-state index contributed by atoms with van der Waals surface area (Å²) in [5.41, 5.74) is 0.534. The number of allylic oxidation sites excluding steroid dienone is 6. The zero-order valence-electron chi connectivity index (χ0n) is 28.9. The standard InChI is InChI=1S/C32H62O7Si5/c1-33-44(34-2,35-3)29-43(7)38-41(5,27-24-31-19-13-9-14-20-31)36-40(4,26-23-30-17-11-8-12-18-30)37-42(6,39-43)28-25-32-21-15-10-16-22-32/h8-11,13,15,30-32H,12,14,16-29H2,1-7H3. The summed E-state index contributed by atoms with van der Waals surface area (Å²) >= 11 is 0. The Labute approximate surface area is 274 Å². The van der Waals surface area contributed by atoms with Crippen LogP contribution in [0.4, 0.5) is 0 Å². The van der Waals surface area contributed by atoms with E-state index in [1.54, 1.807) is 21.3 Å². The van der Waals surface area contributed by atoms with Gasteiger partial charge in [0.05, 0.1) is 5.67 Å². The van der Waals surface area contributed by atoms with Crippen molar-refractivity contribution in [2.24, 2.45) is 17.8 Å². The van der Waals surface area contributed by atoms with E-state index in [0.717, 1.165) is 50.2 Å². The SMILES string of the molecule is CO[Si](C[Si]1(C)O[Si](C)(CCC2CC=CCC2)O[Si](C)(CCC2CC=CCC2)O[Si](C)(CCC2CC=CCC2)O1)(OC)OC. The van der Waals surface area contributed by atoms with Gasteiger partial charge in [-0.05, 0) is 139 Å². The van der Waals surface area contributed by atoms with Gasteiger partial charge in [-0.2, -0.15) is 0 Å². The minimum absolute atomic E-state index is 0.534. The van der Waals surface area contributed by atoms with Crippen LogP contribution >= 0.6 is 0 Å². The summed E-state index contributed by atoms with van der Waals surface area (Å²) in [4.78, 5) is 0. The smallest absolute Gasteiger partial charge is 0.416 e. The molecule has 4 aliphatic rings. The lowest BCUT2D eigenvalue weighted by Gasteiger charge is -2.51.